The van der Waals surface area contributed by atoms with Crippen LogP contribution in [0.5, 0.6) is 11.6 Å². The van der Waals surface area contributed by atoms with Crippen LogP contribution < -0.4 is 10.5 Å². The third kappa shape index (κ3) is 3.29. The second kappa shape index (κ2) is 4.97. The maximum atomic E-state index is 12.5. The Kier molecular flexibility index (Phi) is 3.53. The molecule has 0 unspecified atom stereocenters. The van der Waals surface area contributed by atoms with Crippen molar-refractivity contribution in [1.29, 1.82) is 0 Å². The maximum Gasteiger partial charge on any atom is 0.433 e. The number of nitrogen functional groups attached to an aromatic ring is 1. The molecule has 2 N–H and O–H groups in total. The second-order valence-electron chi connectivity index (χ2n) is 3.65. The minimum absolute atomic E-state index is 0.147. The summed E-state index contributed by atoms with van der Waals surface area (Å²) in [6.45, 7) is 0. The minimum atomic E-state index is -4.53. The summed E-state index contributed by atoms with van der Waals surface area (Å²) in [5.41, 5.74) is 4.89. The van der Waals surface area contributed by atoms with Crippen LogP contribution in [0.2, 0.25) is 5.02 Å². The lowest BCUT2D eigenvalue weighted by Gasteiger charge is -2.10. The monoisotopic (exact) mass is 288 g/mol. The Labute approximate surface area is 111 Å². The Hall–Kier alpha value is -1.95. The van der Waals surface area contributed by atoms with Crippen LogP contribution in [0.15, 0.2) is 36.4 Å². The number of pyridine rings is 1. The molecule has 0 bridgehead atoms. The number of rotatable bonds is 2. The highest BCUT2D eigenvalue weighted by Gasteiger charge is 2.32. The van der Waals surface area contributed by atoms with E-state index in [1.54, 1.807) is 6.07 Å². The first-order valence-corrected chi connectivity index (χ1v) is 5.51. The zero-order valence-corrected chi connectivity index (χ0v) is 10.2. The molecule has 1 aromatic carbocycles. The van der Waals surface area contributed by atoms with Gasteiger partial charge in [0.15, 0.2) is 0 Å². The average molecular weight is 289 g/mol. The van der Waals surface area contributed by atoms with Crippen LogP contribution in [0.4, 0.5) is 18.9 Å². The number of ether oxygens (including phenoxy) is 1. The van der Waals surface area contributed by atoms with E-state index < -0.39 is 11.9 Å². The average Bonchev–Trinajstić information content (AvgIpc) is 2.33. The largest absolute Gasteiger partial charge is 0.437 e. The van der Waals surface area contributed by atoms with E-state index in [4.69, 9.17) is 22.1 Å². The number of hydrogen-bond donors (Lipinski definition) is 1. The Balaban J connectivity index is 2.31. The van der Waals surface area contributed by atoms with Crippen molar-refractivity contribution in [2.24, 2.45) is 0 Å². The minimum Gasteiger partial charge on any atom is -0.437 e. The molecule has 1 heterocycles. The normalized spacial score (nSPS) is 11.4. The highest BCUT2D eigenvalue weighted by Crippen LogP contribution is 2.32. The molecule has 3 nitrogen and oxygen atoms in total. The van der Waals surface area contributed by atoms with E-state index in [0.29, 0.717) is 5.69 Å². The fourth-order valence-electron chi connectivity index (χ4n) is 1.34. The molecule has 0 saturated heterocycles. The number of nitrogens with zero attached hydrogens (tertiary/aromatic N) is 1. The van der Waals surface area contributed by atoms with E-state index in [-0.39, 0.29) is 16.7 Å². The summed E-state index contributed by atoms with van der Waals surface area (Å²) in [7, 11) is 0. The molecule has 19 heavy (non-hydrogen) atoms. The van der Waals surface area contributed by atoms with Crippen molar-refractivity contribution in [2.45, 2.75) is 6.18 Å². The Bertz CT molecular complexity index is 602. The second-order valence-corrected chi connectivity index (χ2v) is 4.06. The van der Waals surface area contributed by atoms with Crippen LogP contribution >= 0.6 is 11.6 Å². The summed E-state index contributed by atoms with van der Waals surface area (Å²) >= 11 is 5.85. The van der Waals surface area contributed by atoms with E-state index in [1.165, 1.54) is 24.3 Å². The van der Waals surface area contributed by atoms with Gasteiger partial charge in [0.2, 0.25) is 5.88 Å². The predicted molar refractivity (Wildman–Crippen MR) is 65.2 cm³/mol. The number of benzene rings is 1. The first-order valence-electron chi connectivity index (χ1n) is 5.13. The van der Waals surface area contributed by atoms with Gasteiger partial charge in [0.25, 0.3) is 0 Å². The zero-order chi connectivity index (χ0) is 14.0. The molecule has 0 fully saturated rings. The van der Waals surface area contributed by atoms with Crippen molar-refractivity contribution < 1.29 is 17.9 Å². The molecule has 2 rings (SSSR count). The Morgan fingerprint density at radius 2 is 1.89 bits per heavy atom. The van der Waals surface area contributed by atoms with Gasteiger partial charge in [0, 0.05) is 17.8 Å². The third-order valence-corrected chi connectivity index (χ3v) is 2.50. The first-order chi connectivity index (χ1) is 8.86. The van der Waals surface area contributed by atoms with Crippen molar-refractivity contribution in [3.63, 3.8) is 0 Å². The quantitative estimate of drug-likeness (QED) is 0.845. The van der Waals surface area contributed by atoms with Crippen LogP contribution in [0, 0.1) is 0 Å². The maximum absolute atomic E-state index is 12.5. The summed E-state index contributed by atoms with van der Waals surface area (Å²) in [4.78, 5) is 3.36. The van der Waals surface area contributed by atoms with Crippen LogP contribution in [-0.2, 0) is 6.18 Å². The van der Waals surface area contributed by atoms with E-state index in [9.17, 15) is 13.2 Å². The standard InChI is InChI=1S/C12H8ClF3N2O/c13-8-5-4-7(17)6-9(8)19-11-3-1-2-10(18-11)12(14,15)16/h1-6H,17H2. The molecule has 0 radical (unpaired) electrons. The van der Waals surface area contributed by atoms with Gasteiger partial charge in [-0.3, -0.25) is 0 Å². The van der Waals surface area contributed by atoms with E-state index in [1.807, 2.05) is 0 Å². The fraction of sp³-hybridized carbons (Fsp3) is 0.0833. The molecule has 1 aromatic heterocycles. The summed E-state index contributed by atoms with van der Waals surface area (Å²) in [5, 5.41) is 0.230. The number of aromatic nitrogens is 1. The summed E-state index contributed by atoms with van der Waals surface area (Å²) < 4.78 is 42.7. The number of halogens is 4. The van der Waals surface area contributed by atoms with Crippen LogP contribution in [0.3, 0.4) is 0 Å². The van der Waals surface area contributed by atoms with Gasteiger partial charge in [0.05, 0.1) is 5.02 Å². The van der Waals surface area contributed by atoms with Crippen molar-refractivity contribution in [2.75, 3.05) is 5.73 Å². The van der Waals surface area contributed by atoms with E-state index in [2.05, 4.69) is 4.98 Å². The van der Waals surface area contributed by atoms with Gasteiger partial charge in [-0.1, -0.05) is 17.7 Å². The number of alkyl halides is 3. The van der Waals surface area contributed by atoms with Gasteiger partial charge in [-0.15, -0.1) is 0 Å². The molecule has 0 saturated carbocycles. The molecule has 0 amide bonds. The summed E-state index contributed by atoms with van der Waals surface area (Å²) in [6.07, 6.45) is -4.53. The zero-order valence-electron chi connectivity index (χ0n) is 9.41. The van der Waals surface area contributed by atoms with Gasteiger partial charge in [-0.05, 0) is 18.2 Å². The van der Waals surface area contributed by atoms with Gasteiger partial charge < -0.3 is 10.5 Å². The van der Waals surface area contributed by atoms with Gasteiger partial charge in [-0.2, -0.15) is 13.2 Å². The molecule has 100 valence electrons. The SMILES string of the molecule is Nc1ccc(Cl)c(Oc2cccc(C(F)(F)F)n2)c1. The van der Waals surface area contributed by atoms with Gasteiger partial charge in [0.1, 0.15) is 11.4 Å². The van der Waals surface area contributed by atoms with Crippen molar-refractivity contribution >= 4 is 17.3 Å². The molecule has 0 aliphatic carbocycles. The van der Waals surface area contributed by atoms with Gasteiger partial charge >= 0.3 is 6.18 Å². The molecular formula is C12H8ClF3N2O. The highest BCUT2D eigenvalue weighted by atomic mass is 35.5. The molecular weight excluding hydrogens is 281 g/mol. The molecule has 0 aliphatic rings. The lowest BCUT2D eigenvalue weighted by atomic mass is 10.3. The molecule has 0 atom stereocenters. The summed E-state index contributed by atoms with van der Waals surface area (Å²) in [5.74, 6) is -0.0594. The smallest absolute Gasteiger partial charge is 0.433 e. The van der Waals surface area contributed by atoms with Crippen LogP contribution in [0.1, 0.15) is 5.69 Å². The van der Waals surface area contributed by atoms with E-state index >= 15 is 0 Å². The highest BCUT2D eigenvalue weighted by molar-refractivity contribution is 6.32. The molecule has 2 aromatic rings. The third-order valence-electron chi connectivity index (χ3n) is 2.18. The van der Waals surface area contributed by atoms with E-state index in [0.717, 1.165) is 6.07 Å². The topological polar surface area (TPSA) is 48.1 Å². The number of hydrogen-bond acceptors (Lipinski definition) is 3. The van der Waals surface area contributed by atoms with Crippen molar-refractivity contribution in [1.82, 2.24) is 4.98 Å². The van der Waals surface area contributed by atoms with Crippen LogP contribution in [-0.4, -0.2) is 4.98 Å². The van der Waals surface area contributed by atoms with Crippen molar-refractivity contribution in [3.8, 4) is 11.6 Å². The lowest BCUT2D eigenvalue weighted by molar-refractivity contribution is -0.141. The summed E-state index contributed by atoms with van der Waals surface area (Å²) in [6, 6.07) is 7.80. The van der Waals surface area contributed by atoms with Crippen LogP contribution in [0.25, 0.3) is 0 Å². The molecule has 0 aliphatic heterocycles. The fourth-order valence-corrected chi connectivity index (χ4v) is 1.50. The lowest BCUT2D eigenvalue weighted by Crippen LogP contribution is -2.08. The Morgan fingerprint density at radius 1 is 1.16 bits per heavy atom. The van der Waals surface area contributed by atoms with Gasteiger partial charge in [-0.25, -0.2) is 4.98 Å². The molecule has 7 heteroatoms. The Morgan fingerprint density at radius 3 is 2.58 bits per heavy atom. The number of anilines is 1. The number of nitrogens with two attached hydrogens (primary N) is 1. The molecule has 0 spiro atoms. The van der Waals surface area contributed by atoms with Crippen molar-refractivity contribution in [3.05, 3.63) is 47.1 Å². The predicted octanol–water partition coefficient (Wildman–Crippen LogP) is 4.13. The first kappa shape index (κ1) is 13.5.